The maximum absolute atomic E-state index is 11.7. The molecule has 2 N–H and O–H groups in total. The van der Waals surface area contributed by atoms with E-state index in [1.54, 1.807) is 31.2 Å². The van der Waals surface area contributed by atoms with E-state index >= 15 is 0 Å². The largest absolute Gasteiger partial charge is 0.462 e. The van der Waals surface area contributed by atoms with Crippen LogP contribution in [0.25, 0.3) is 0 Å². The number of ether oxygens (including phenoxy) is 1. The van der Waals surface area contributed by atoms with E-state index in [1.165, 1.54) is 6.20 Å². The Bertz CT molecular complexity index is 498. The van der Waals surface area contributed by atoms with E-state index < -0.39 is 5.97 Å². The van der Waals surface area contributed by atoms with Crippen molar-refractivity contribution in [2.45, 2.75) is 6.92 Å². The molecule has 0 heterocycles. The lowest BCUT2D eigenvalue weighted by Crippen LogP contribution is -2.18. The second-order valence-electron chi connectivity index (χ2n) is 3.47. The van der Waals surface area contributed by atoms with Gasteiger partial charge in [0.2, 0.25) is 0 Å². The molecule has 1 aromatic carbocycles. The van der Waals surface area contributed by atoms with E-state index in [0.717, 1.165) is 0 Å². The molecule has 0 spiro atoms. The molecule has 1 rings (SSSR count). The van der Waals surface area contributed by atoms with E-state index in [1.807, 2.05) is 0 Å². The van der Waals surface area contributed by atoms with Crippen LogP contribution in [0.15, 0.2) is 41.0 Å². The highest BCUT2D eigenvalue weighted by atomic mass is 79.9. The minimum atomic E-state index is -0.489. The van der Waals surface area contributed by atoms with Gasteiger partial charge in [0.1, 0.15) is 0 Å². The highest BCUT2D eigenvalue weighted by Crippen LogP contribution is 2.18. The topological polar surface area (TPSA) is 64.7 Å². The molecule has 1 aromatic rings. The monoisotopic (exact) mass is 344 g/mol. The third kappa shape index (κ3) is 4.69. The molecular formula is C13H14BrClN2O2. The zero-order chi connectivity index (χ0) is 14.3. The molecule has 6 heteroatoms. The molecule has 0 aliphatic rings. The first kappa shape index (κ1) is 15.7. The van der Waals surface area contributed by atoms with Gasteiger partial charge in [0, 0.05) is 16.6 Å². The van der Waals surface area contributed by atoms with Gasteiger partial charge >= 0.3 is 5.97 Å². The summed E-state index contributed by atoms with van der Waals surface area (Å²) in [7, 11) is 0. The number of hydrogen-bond donors (Lipinski definition) is 1. The van der Waals surface area contributed by atoms with Crippen LogP contribution in [0.4, 0.5) is 5.69 Å². The molecule has 0 radical (unpaired) electrons. The number of carbonyl (C=O) groups is 1. The molecule has 0 saturated carbocycles. The van der Waals surface area contributed by atoms with Crippen molar-refractivity contribution in [1.29, 1.82) is 0 Å². The van der Waals surface area contributed by atoms with Crippen LogP contribution in [0.1, 0.15) is 6.92 Å². The van der Waals surface area contributed by atoms with Crippen LogP contribution < -0.4 is 5.73 Å². The Hall–Kier alpha value is -1.33. The van der Waals surface area contributed by atoms with Crippen LogP contribution in [0.3, 0.4) is 0 Å². The maximum atomic E-state index is 11.7. The van der Waals surface area contributed by atoms with Gasteiger partial charge in [-0.3, -0.25) is 4.99 Å². The van der Waals surface area contributed by atoms with E-state index in [-0.39, 0.29) is 12.2 Å². The molecule has 102 valence electrons. The average Bonchev–Trinajstić information content (AvgIpc) is 2.41. The van der Waals surface area contributed by atoms with Crippen molar-refractivity contribution in [1.82, 2.24) is 0 Å². The summed E-state index contributed by atoms with van der Waals surface area (Å²) in [6.07, 6.45) is 1.20. The van der Waals surface area contributed by atoms with Crippen molar-refractivity contribution in [3.8, 4) is 0 Å². The predicted molar refractivity (Wildman–Crippen MR) is 81.2 cm³/mol. The Balaban J connectivity index is 3.04. The first-order valence-electron chi connectivity index (χ1n) is 5.60. The van der Waals surface area contributed by atoms with Crippen molar-refractivity contribution in [3.63, 3.8) is 0 Å². The van der Waals surface area contributed by atoms with Crippen LogP contribution in [0.2, 0.25) is 5.02 Å². The van der Waals surface area contributed by atoms with Crippen molar-refractivity contribution < 1.29 is 9.53 Å². The fraction of sp³-hybridized carbons (Fsp3) is 0.231. The highest BCUT2D eigenvalue weighted by molar-refractivity contribution is 9.09. The number of carbonyl (C=O) groups excluding carboxylic acids is 1. The van der Waals surface area contributed by atoms with Gasteiger partial charge in [-0.25, -0.2) is 4.79 Å². The molecule has 0 unspecified atom stereocenters. The third-order valence-electron chi connectivity index (χ3n) is 2.19. The van der Waals surface area contributed by atoms with Gasteiger partial charge in [0.15, 0.2) is 0 Å². The van der Waals surface area contributed by atoms with Crippen molar-refractivity contribution in [2.24, 2.45) is 10.7 Å². The molecule has 0 amide bonds. The number of nitrogens with two attached hydrogens (primary N) is 1. The van der Waals surface area contributed by atoms with E-state index in [2.05, 4.69) is 20.9 Å². The molecule has 0 aromatic heterocycles. The molecule has 0 bridgehead atoms. The molecule has 0 atom stereocenters. The van der Waals surface area contributed by atoms with Gasteiger partial charge in [0.25, 0.3) is 0 Å². The van der Waals surface area contributed by atoms with Crippen molar-refractivity contribution >= 4 is 44.9 Å². The van der Waals surface area contributed by atoms with Gasteiger partial charge in [-0.05, 0) is 31.2 Å². The number of rotatable bonds is 5. The number of hydrogen-bond acceptors (Lipinski definition) is 4. The summed E-state index contributed by atoms with van der Waals surface area (Å²) in [5, 5.41) is 1.01. The number of nitrogens with zero attached hydrogens (tertiary/aromatic N) is 1. The average molecular weight is 346 g/mol. The SMILES string of the molecule is CCOC(=O)/C(=C/N)C(CBr)=Nc1ccc(Cl)cc1. The van der Waals surface area contributed by atoms with Gasteiger partial charge in [-0.2, -0.15) is 0 Å². The van der Waals surface area contributed by atoms with Gasteiger partial charge in [-0.15, -0.1) is 0 Å². The van der Waals surface area contributed by atoms with E-state index in [0.29, 0.717) is 21.8 Å². The zero-order valence-electron chi connectivity index (χ0n) is 10.4. The first-order chi connectivity index (χ1) is 9.12. The number of esters is 1. The summed E-state index contributed by atoms with van der Waals surface area (Å²) in [5.41, 5.74) is 6.90. The minimum Gasteiger partial charge on any atom is -0.462 e. The highest BCUT2D eigenvalue weighted by Gasteiger charge is 2.16. The normalized spacial score (nSPS) is 12.4. The summed E-state index contributed by atoms with van der Waals surface area (Å²) < 4.78 is 4.92. The van der Waals surface area contributed by atoms with Gasteiger partial charge < -0.3 is 10.5 Å². The lowest BCUT2D eigenvalue weighted by atomic mass is 10.2. The summed E-state index contributed by atoms with van der Waals surface area (Å²) in [4.78, 5) is 16.1. The molecule has 0 fully saturated rings. The van der Waals surface area contributed by atoms with E-state index in [4.69, 9.17) is 22.1 Å². The summed E-state index contributed by atoms with van der Waals surface area (Å²) >= 11 is 9.09. The Labute approximate surface area is 125 Å². The standard InChI is InChI=1S/C13H14BrClN2O2/c1-2-19-13(18)11(8-16)12(7-14)17-10-5-3-9(15)4-6-10/h3-6,8H,2,7,16H2,1H3/b11-8+,17-12?. The predicted octanol–water partition coefficient (Wildman–Crippen LogP) is 3.21. The second-order valence-corrected chi connectivity index (χ2v) is 4.47. The molecule has 0 saturated heterocycles. The molecule has 0 aliphatic heterocycles. The molecule has 19 heavy (non-hydrogen) atoms. The van der Waals surface area contributed by atoms with E-state index in [9.17, 15) is 4.79 Å². The molecular weight excluding hydrogens is 332 g/mol. The van der Waals surface area contributed by atoms with Gasteiger partial charge in [-0.1, -0.05) is 27.5 Å². The maximum Gasteiger partial charge on any atom is 0.341 e. The Morgan fingerprint density at radius 2 is 2.11 bits per heavy atom. The number of aliphatic imine (C=N–C) groups is 1. The summed E-state index contributed by atoms with van der Waals surface area (Å²) in [6, 6.07) is 6.96. The fourth-order valence-corrected chi connectivity index (χ4v) is 1.88. The van der Waals surface area contributed by atoms with Crippen LogP contribution in [0.5, 0.6) is 0 Å². The van der Waals surface area contributed by atoms with Crippen LogP contribution in [-0.4, -0.2) is 23.6 Å². The molecule has 4 nitrogen and oxygen atoms in total. The quantitative estimate of drug-likeness (QED) is 0.386. The van der Waals surface area contributed by atoms with Gasteiger partial charge in [0.05, 0.1) is 23.6 Å². The number of alkyl halides is 1. The van der Waals surface area contributed by atoms with Crippen molar-refractivity contribution in [3.05, 3.63) is 41.1 Å². The lowest BCUT2D eigenvalue weighted by molar-refractivity contribution is -0.137. The number of benzene rings is 1. The summed E-state index contributed by atoms with van der Waals surface area (Å²) in [6.45, 7) is 2.02. The Morgan fingerprint density at radius 1 is 1.47 bits per heavy atom. The van der Waals surface area contributed by atoms with Crippen LogP contribution in [0, 0.1) is 0 Å². The fourth-order valence-electron chi connectivity index (χ4n) is 1.32. The Morgan fingerprint density at radius 3 is 2.58 bits per heavy atom. The zero-order valence-corrected chi connectivity index (χ0v) is 12.7. The second kappa shape index (κ2) is 7.96. The lowest BCUT2D eigenvalue weighted by Gasteiger charge is -2.07. The smallest absolute Gasteiger partial charge is 0.341 e. The van der Waals surface area contributed by atoms with Crippen LogP contribution >= 0.6 is 27.5 Å². The van der Waals surface area contributed by atoms with Crippen LogP contribution in [-0.2, 0) is 9.53 Å². The first-order valence-corrected chi connectivity index (χ1v) is 7.10. The number of halogens is 2. The minimum absolute atomic E-state index is 0.244. The molecule has 0 aliphatic carbocycles. The Kier molecular flexibility index (Phi) is 6.59. The van der Waals surface area contributed by atoms with Crippen molar-refractivity contribution in [2.75, 3.05) is 11.9 Å². The third-order valence-corrected chi connectivity index (χ3v) is 2.97. The summed E-state index contributed by atoms with van der Waals surface area (Å²) in [5.74, 6) is -0.489.